The topological polar surface area (TPSA) is 84.1 Å². The van der Waals surface area contributed by atoms with Crippen LogP contribution in [0.2, 0.25) is 0 Å². The average Bonchev–Trinajstić information content (AvgIpc) is 2.88. The van der Waals surface area contributed by atoms with Gasteiger partial charge >= 0.3 is 0 Å². The highest BCUT2D eigenvalue weighted by Gasteiger charge is 2.22. The fourth-order valence-electron chi connectivity index (χ4n) is 2.14. The van der Waals surface area contributed by atoms with Gasteiger partial charge in [0.05, 0.1) is 6.54 Å². The van der Waals surface area contributed by atoms with Gasteiger partial charge in [-0.2, -0.15) is 5.10 Å². The van der Waals surface area contributed by atoms with Gasteiger partial charge in [0.2, 0.25) is 0 Å². The molecule has 0 aliphatic carbocycles. The molecule has 2 aromatic rings. The monoisotopic (exact) mass is 271 g/mol. The van der Waals surface area contributed by atoms with E-state index in [0.717, 1.165) is 17.7 Å². The molecule has 102 valence electrons. The van der Waals surface area contributed by atoms with Crippen LogP contribution in [0.5, 0.6) is 5.75 Å². The molecule has 2 N–H and O–H groups in total. The molecule has 0 fully saturated rings. The molecule has 0 bridgehead atoms. The summed E-state index contributed by atoms with van der Waals surface area (Å²) in [5.41, 5.74) is 0.991. The Morgan fingerprint density at radius 1 is 1.35 bits per heavy atom. The molecule has 0 saturated heterocycles. The number of aromatic amines is 1. The van der Waals surface area contributed by atoms with Crippen LogP contribution in [-0.4, -0.2) is 28.8 Å². The van der Waals surface area contributed by atoms with Gasteiger partial charge in [0.15, 0.2) is 0 Å². The van der Waals surface area contributed by atoms with Gasteiger partial charge in [-0.05, 0) is 17.7 Å². The van der Waals surface area contributed by atoms with Crippen LogP contribution in [0.15, 0.2) is 41.2 Å². The zero-order valence-corrected chi connectivity index (χ0v) is 10.6. The third-order valence-corrected chi connectivity index (χ3v) is 3.12. The van der Waals surface area contributed by atoms with Gasteiger partial charge < -0.3 is 10.1 Å². The minimum absolute atomic E-state index is 0.0703. The number of nitrogens with zero attached hydrogens (tertiary/aromatic N) is 1. The zero-order chi connectivity index (χ0) is 13.9. The fraction of sp³-hybridized carbons (Fsp3) is 0.214. The number of hydrogen-bond acceptors (Lipinski definition) is 4. The molecule has 0 spiro atoms. The quantitative estimate of drug-likeness (QED) is 0.851. The number of carbonyl (C=O) groups excluding carboxylic acids is 1. The first kappa shape index (κ1) is 12.4. The molecule has 0 radical (unpaired) electrons. The van der Waals surface area contributed by atoms with E-state index in [2.05, 4.69) is 15.5 Å². The van der Waals surface area contributed by atoms with Gasteiger partial charge in [0.25, 0.3) is 11.5 Å². The molecule has 1 aromatic carbocycles. The van der Waals surface area contributed by atoms with Crippen molar-refractivity contribution in [3.8, 4) is 5.75 Å². The number of nitrogens with one attached hydrogen (secondary N) is 2. The molecule has 0 saturated carbocycles. The van der Waals surface area contributed by atoms with Crippen molar-refractivity contribution in [1.29, 1.82) is 0 Å². The van der Waals surface area contributed by atoms with E-state index < -0.39 is 0 Å². The van der Waals surface area contributed by atoms with Crippen LogP contribution in [-0.2, 0) is 6.42 Å². The maximum Gasteiger partial charge on any atom is 0.271 e. The second-order valence-electron chi connectivity index (χ2n) is 4.57. The largest absolute Gasteiger partial charge is 0.488 e. The van der Waals surface area contributed by atoms with Crippen molar-refractivity contribution in [1.82, 2.24) is 15.5 Å². The number of ether oxygens (including phenoxy) is 1. The maximum atomic E-state index is 11.8. The number of aromatic nitrogens is 2. The maximum absolute atomic E-state index is 11.8. The summed E-state index contributed by atoms with van der Waals surface area (Å²) >= 11 is 0. The summed E-state index contributed by atoms with van der Waals surface area (Å²) in [5.74, 6) is 0.537. The third-order valence-electron chi connectivity index (χ3n) is 3.12. The first-order valence-electron chi connectivity index (χ1n) is 6.31. The van der Waals surface area contributed by atoms with Gasteiger partial charge in [0.1, 0.15) is 17.5 Å². The lowest BCUT2D eigenvalue weighted by Crippen LogP contribution is -2.35. The summed E-state index contributed by atoms with van der Waals surface area (Å²) in [5, 5.41) is 8.64. The van der Waals surface area contributed by atoms with E-state index in [1.807, 2.05) is 24.3 Å². The smallest absolute Gasteiger partial charge is 0.271 e. The van der Waals surface area contributed by atoms with Crippen LogP contribution >= 0.6 is 0 Å². The van der Waals surface area contributed by atoms with Crippen molar-refractivity contribution in [2.24, 2.45) is 0 Å². The van der Waals surface area contributed by atoms with Crippen LogP contribution in [0.3, 0.4) is 0 Å². The molecule has 1 amide bonds. The molecule has 6 nitrogen and oxygen atoms in total. The number of fused-ring (bicyclic) bond motifs is 1. The Bertz CT molecular complexity index is 651. The van der Waals surface area contributed by atoms with Crippen LogP contribution in [0.1, 0.15) is 16.1 Å². The summed E-state index contributed by atoms with van der Waals surface area (Å²) in [6, 6.07) is 10.5. The Morgan fingerprint density at radius 2 is 2.20 bits per heavy atom. The summed E-state index contributed by atoms with van der Waals surface area (Å²) in [4.78, 5) is 22.7. The second kappa shape index (κ2) is 5.16. The third kappa shape index (κ3) is 2.54. The Labute approximate surface area is 114 Å². The summed E-state index contributed by atoms with van der Waals surface area (Å²) in [6.07, 6.45) is 0.703. The minimum atomic E-state index is -0.337. The highest BCUT2D eigenvalue weighted by atomic mass is 16.5. The first-order chi connectivity index (χ1) is 9.72. The molecular formula is C14H13N3O3. The number of rotatable bonds is 3. The van der Waals surface area contributed by atoms with Gasteiger partial charge in [-0.3, -0.25) is 9.59 Å². The van der Waals surface area contributed by atoms with E-state index in [1.165, 1.54) is 12.1 Å². The standard InChI is InChI=1S/C14H13N3O3/c18-13-6-5-11(16-17-13)14(19)15-8-10-7-9-3-1-2-4-12(9)20-10/h1-6,10H,7-8H2,(H,15,19)(H,17,18)/t10-/m1/s1. The molecule has 2 heterocycles. The molecule has 1 aromatic heterocycles. The molecule has 20 heavy (non-hydrogen) atoms. The summed E-state index contributed by atoms with van der Waals surface area (Å²) < 4.78 is 5.72. The van der Waals surface area contributed by atoms with Crippen molar-refractivity contribution < 1.29 is 9.53 Å². The van der Waals surface area contributed by atoms with Gasteiger partial charge in [-0.1, -0.05) is 18.2 Å². The fourth-order valence-corrected chi connectivity index (χ4v) is 2.14. The molecule has 1 aliphatic heterocycles. The predicted molar refractivity (Wildman–Crippen MR) is 71.8 cm³/mol. The zero-order valence-electron chi connectivity index (χ0n) is 10.6. The van der Waals surface area contributed by atoms with Crippen LogP contribution in [0, 0.1) is 0 Å². The summed E-state index contributed by atoms with van der Waals surface area (Å²) in [7, 11) is 0. The van der Waals surface area contributed by atoms with E-state index in [4.69, 9.17) is 4.74 Å². The average molecular weight is 271 g/mol. The predicted octanol–water partition coefficient (Wildman–Crippen LogP) is 0.503. The number of carbonyl (C=O) groups is 1. The molecule has 0 unspecified atom stereocenters. The lowest BCUT2D eigenvalue weighted by Gasteiger charge is -2.11. The molecule has 6 heteroatoms. The molecule has 3 rings (SSSR count). The van der Waals surface area contributed by atoms with Crippen molar-refractivity contribution >= 4 is 5.91 Å². The Balaban J connectivity index is 1.57. The van der Waals surface area contributed by atoms with Crippen molar-refractivity contribution in [2.45, 2.75) is 12.5 Å². The lowest BCUT2D eigenvalue weighted by atomic mass is 10.1. The Hall–Kier alpha value is -2.63. The van der Waals surface area contributed by atoms with E-state index in [0.29, 0.717) is 6.54 Å². The highest BCUT2D eigenvalue weighted by molar-refractivity contribution is 5.91. The van der Waals surface area contributed by atoms with Crippen molar-refractivity contribution in [3.63, 3.8) is 0 Å². The van der Waals surface area contributed by atoms with Crippen LogP contribution < -0.4 is 15.6 Å². The van der Waals surface area contributed by atoms with Crippen molar-refractivity contribution in [2.75, 3.05) is 6.54 Å². The second-order valence-corrected chi connectivity index (χ2v) is 4.57. The normalized spacial score (nSPS) is 16.3. The number of H-pyrrole nitrogens is 1. The lowest BCUT2D eigenvalue weighted by molar-refractivity contribution is 0.0927. The van der Waals surface area contributed by atoms with Crippen molar-refractivity contribution in [3.05, 3.63) is 58.0 Å². The Kier molecular flexibility index (Phi) is 3.20. The van der Waals surface area contributed by atoms with Gasteiger partial charge in [0, 0.05) is 12.5 Å². The number of para-hydroxylation sites is 1. The van der Waals surface area contributed by atoms with E-state index in [9.17, 15) is 9.59 Å². The van der Waals surface area contributed by atoms with Crippen LogP contribution in [0.4, 0.5) is 0 Å². The van der Waals surface area contributed by atoms with E-state index >= 15 is 0 Å². The van der Waals surface area contributed by atoms with Gasteiger partial charge in [-0.25, -0.2) is 5.10 Å². The minimum Gasteiger partial charge on any atom is -0.488 e. The number of hydrogen-bond donors (Lipinski definition) is 2. The van der Waals surface area contributed by atoms with Gasteiger partial charge in [-0.15, -0.1) is 0 Å². The number of benzene rings is 1. The number of amides is 1. The first-order valence-corrected chi connectivity index (χ1v) is 6.31. The Morgan fingerprint density at radius 3 is 2.95 bits per heavy atom. The highest BCUT2D eigenvalue weighted by Crippen LogP contribution is 2.27. The molecular weight excluding hydrogens is 258 g/mol. The molecule has 1 aliphatic rings. The van der Waals surface area contributed by atoms with E-state index in [-0.39, 0.29) is 23.3 Å². The molecule has 1 atom stereocenters. The van der Waals surface area contributed by atoms with E-state index in [1.54, 1.807) is 0 Å². The van der Waals surface area contributed by atoms with Crippen LogP contribution in [0.25, 0.3) is 0 Å². The SMILES string of the molecule is O=C(NC[C@H]1Cc2ccccc2O1)c1ccc(=O)[nH]n1. The summed E-state index contributed by atoms with van der Waals surface area (Å²) in [6.45, 7) is 0.397.